The van der Waals surface area contributed by atoms with E-state index >= 15 is 0 Å². The Bertz CT molecular complexity index is 978. The fourth-order valence-corrected chi connectivity index (χ4v) is 3.99. The van der Waals surface area contributed by atoms with Gasteiger partial charge in [0.25, 0.3) is 0 Å². The molecule has 0 saturated heterocycles. The van der Waals surface area contributed by atoms with E-state index in [4.69, 9.17) is 9.72 Å². The van der Waals surface area contributed by atoms with Gasteiger partial charge >= 0.3 is 6.09 Å². The quantitative estimate of drug-likeness (QED) is 0.607. The summed E-state index contributed by atoms with van der Waals surface area (Å²) in [5.74, 6) is 0.383. The topological polar surface area (TPSA) is 68.3 Å². The van der Waals surface area contributed by atoms with Crippen molar-refractivity contribution >= 4 is 28.9 Å². The van der Waals surface area contributed by atoms with E-state index < -0.39 is 11.7 Å². The number of amides is 1. The van der Waals surface area contributed by atoms with Crippen molar-refractivity contribution in [2.45, 2.75) is 78.4 Å². The molecule has 3 rings (SSSR count). The average Bonchev–Trinajstić information content (AvgIpc) is 2.71. The molecule has 1 atom stereocenters. The summed E-state index contributed by atoms with van der Waals surface area (Å²) in [7, 11) is 0. The molecule has 2 aromatic rings. The summed E-state index contributed by atoms with van der Waals surface area (Å²) in [6.07, 6.45) is 8.28. The Morgan fingerprint density at radius 3 is 2.55 bits per heavy atom. The molecule has 166 valence electrons. The van der Waals surface area contributed by atoms with E-state index in [1.165, 1.54) is 0 Å². The van der Waals surface area contributed by atoms with Crippen LogP contribution in [0.2, 0.25) is 0 Å². The van der Waals surface area contributed by atoms with Gasteiger partial charge in [-0.2, -0.15) is 0 Å². The third-order valence-corrected chi connectivity index (χ3v) is 6.05. The van der Waals surface area contributed by atoms with Crippen LogP contribution < -0.4 is 5.32 Å². The van der Waals surface area contributed by atoms with Gasteiger partial charge in [0, 0.05) is 18.2 Å². The number of ether oxygens (including phenoxy) is 1. The van der Waals surface area contributed by atoms with E-state index in [1.807, 2.05) is 39.8 Å². The van der Waals surface area contributed by atoms with Crippen molar-refractivity contribution in [3.63, 3.8) is 0 Å². The van der Waals surface area contributed by atoms with Crippen LogP contribution in [0.15, 0.2) is 36.4 Å². The molecule has 1 aromatic carbocycles. The van der Waals surface area contributed by atoms with Gasteiger partial charge in [-0.15, -0.1) is 0 Å². The Labute approximate surface area is 185 Å². The zero-order chi connectivity index (χ0) is 22.6. The van der Waals surface area contributed by atoms with Crippen molar-refractivity contribution in [1.82, 2.24) is 10.3 Å². The first-order chi connectivity index (χ1) is 14.6. The number of pyridine rings is 1. The molecule has 5 nitrogen and oxygen atoms in total. The highest BCUT2D eigenvalue weighted by Crippen LogP contribution is 2.39. The van der Waals surface area contributed by atoms with Crippen LogP contribution in [0.25, 0.3) is 17.0 Å². The van der Waals surface area contributed by atoms with Crippen LogP contribution in [0.4, 0.5) is 4.79 Å². The number of benzene rings is 1. The Hall–Kier alpha value is -2.69. The number of carbonyl (C=O) groups excluding carboxylic acids is 2. The van der Waals surface area contributed by atoms with Gasteiger partial charge in [-0.25, -0.2) is 4.79 Å². The van der Waals surface area contributed by atoms with Crippen molar-refractivity contribution < 1.29 is 14.3 Å². The van der Waals surface area contributed by atoms with Crippen LogP contribution in [0.5, 0.6) is 0 Å². The molecule has 31 heavy (non-hydrogen) atoms. The van der Waals surface area contributed by atoms with E-state index in [9.17, 15) is 9.59 Å². The van der Waals surface area contributed by atoms with Crippen LogP contribution >= 0.6 is 0 Å². The van der Waals surface area contributed by atoms with Crippen LogP contribution in [0, 0.1) is 5.41 Å². The molecule has 1 amide bonds. The normalized spacial score (nSPS) is 17.6. The maximum Gasteiger partial charge on any atom is 0.408 e. The zero-order valence-electron chi connectivity index (χ0n) is 19.3. The van der Waals surface area contributed by atoms with Gasteiger partial charge in [0.05, 0.1) is 17.3 Å². The van der Waals surface area contributed by atoms with Crippen molar-refractivity contribution in [3.8, 4) is 0 Å². The fourth-order valence-electron chi connectivity index (χ4n) is 3.99. The SMILES string of the molecule is CCC1(/C=C/c2ccc3ccc([C@@H](C)NC(=O)OC(C)(C)C)nc3c2)CCC(=O)CC1. The summed E-state index contributed by atoms with van der Waals surface area (Å²) < 4.78 is 5.34. The highest BCUT2D eigenvalue weighted by atomic mass is 16.6. The summed E-state index contributed by atoms with van der Waals surface area (Å²) >= 11 is 0. The third-order valence-electron chi connectivity index (χ3n) is 6.05. The summed E-state index contributed by atoms with van der Waals surface area (Å²) in [6.45, 7) is 9.63. The summed E-state index contributed by atoms with van der Waals surface area (Å²) in [5.41, 5.74) is 2.35. The number of carbonyl (C=O) groups is 2. The molecule has 1 heterocycles. The minimum atomic E-state index is -0.538. The van der Waals surface area contributed by atoms with Crippen LogP contribution in [0.1, 0.15) is 84.0 Å². The average molecular weight is 423 g/mol. The highest BCUT2D eigenvalue weighted by Gasteiger charge is 2.30. The van der Waals surface area contributed by atoms with Gasteiger partial charge in [0.15, 0.2) is 0 Å². The van der Waals surface area contributed by atoms with E-state index in [0.29, 0.717) is 18.6 Å². The second-order valence-corrected chi connectivity index (χ2v) is 9.64. The molecular formula is C26H34N2O3. The Morgan fingerprint density at radius 2 is 1.90 bits per heavy atom. The smallest absolute Gasteiger partial charge is 0.408 e. The molecule has 0 bridgehead atoms. The molecule has 0 aliphatic heterocycles. The number of Topliss-reactive ketones (excluding diaryl/α,β-unsaturated/α-hetero) is 1. The van der Waals surface area contributed by atoms with E-state index in [0.717, 1.165) is 41.4 Å². The largest absolute Gasteiger partial charge is 0.444 e. The lowest BCUT2D eigenvalue weighted by Gasteiger charge is -2.33. The van der Waals surface area contributed by atoms with Crippen molar-refractivity contribution in [2.24, 2.45) is 5.41 Å². The zero-order valence-corrected chi connectivity index (χ0v) is 19.3. The molecule has 0 unspecified atom stereocenters. The van der Waals surface area contributed by atoms with Crippen molar-refractivity contribution in [3.05, 3.63) is 47.7 Å². The standard InChI is InChI=1S/C26H34N2O3/c1-6-26(15-12-21(29)13-16-26)14-11-19-7-8-20-9-10-22(28-23(20)17-19)18(2)27-24(30)31-25(3,4)5/h7-11,14,17-18H,6,12-13,15-16H2,1-5H3,(H,27,30)/b14-11+/t18-/m1/s1. The molecule has 0 radical (unpaired) electrons. The minimum Gasteiger partial charge on any atom is -0.444 e. The number of hydrogen-bond acceptors (Lipinski definition) is 4. The molecule has 0 spiro atoms. The van der Waals surface area contributed by atoms with Crippen molar-refractivity contribution in [2.75, 3.05) is 0 Å². The minimum absolute atomic E-state index is 0.115. The van der Waals surface area contributed by atoms with Gasteiger partial charge in [0.2, 0.25) is 0 Å². The van der Waals surface area contributed by atoms with Gasteiger partial charge in [0.1, 0.15) is 11.4 Å². The van der Waals surface area contributed by atoms with Crippen LogP contribution in [-0.4, -0.2) is 22.5 Å². The van der Waals surface area contributed by atoms with Gasteiger partial charge < -0.3 is 10.1 Å². The number of rotatable bonds is 5. The number of hydrogen-bond donors (Lipinski definition) is 1. The number of nitrogens with one attached hydrogen (secondary N) is 1. The number of aromatic nitrogens is 1. The van der Waals surface area contributed by atoms with Crippen molar-refractivity contribution in [1.29, 1.82) is 0 Å². The second kappa shape index (κ2) is 9.21. The predicted octanol–water partition coefficient (Wildman–Crippen LogP) is 6.37. The van der Waals surface area contributed by atoms with E-state index in [-0.39, 0.29) is 11.5 Å². The number of ketones is 1. The number of alkyl carbamates (subject to hydrolysis) is 1. The molecule has 1 aliphatic rings. The maximum absolute atomic E-state index is 12.1. The van der Waals surface area contributed by atoms with Crippen LogP contribution in [0.3, 0.4) is 0 Å². The molecule has 1 aliphatic carbocycles. The van der Waals surface area contributed by atoms with Gasteiger partial charge in [-0.05, 0) is 70.1 Å². The Morgan fingerprint density at radius 1 is 1.23 bits per heavy atom. The second-order valence-electron chi connectivity index (χ2n) is 9.64. The summed E-state index contributed by atoms with van der Waals surface area (Å²) in [4.78, 5) is 28.5. The lowest BCUT2D eigenvalue weighted by Crippen LogP contribution is -2.34. The lowest BCUT2D eigenvalue weighted by molar-refractivity contribution is -0.121. The lowest BCUT2D eigenvalue weighted by atomic mass is 9.71. The first-order valence-electron chi connectivity index (χ1n) is 11.2. The molecule has 1 fully saturated rings. The first-order valence-corrected chi connectivity index (χ1v) is 11.2. The number of allylic oxidation sites excluding steroid dienone is 1. The monoisotopic (exact) mass is 422 g/mol. The highest BCUT2D eigenvalue weighted by molar-refractivity contribution is 5.82. The van der Waals surface area contributed by atoms with Gasteiger partial charge in [-0.3, -0.25) is 9.78 Å². The summed E-state index contributed by atoms with van der Waals surface area (Å²) in [5, 5.41) is 3.91. The maximum atomic E-state index is 12.1. The first kappa shape index (κ1) is 23.0. The summed E-state index contributed by atoms with van der Waals surface area (Å²) in [6, 6.07) is 9.94. The Kier molecular flexibility index (Phi) is 6.83. The Balaban J connectivity index is 1.77. The molecule has 1 N–H and O–H groups in total. The van der Waals surface area contributed by atoms with Crippen LogP contribution in [-0.2, 0) is 9.53 Å². The van der Waals surface area contributed by atoms with E-state index in [1.54, 1.807) is 0 Å². The molecule has 5 heteroatoms. The van der Waals surface area contributed by atoms with Gasteiger partial charge in [-0.1, -0.05) is 37.3 Å². The molecule has 1 aromatic heterocycles. The molecular weight excluding hydrogens is 388 g/mol. The number of fused-ring (bicyclic) bond motifs is 1. The third kappa shape index (κ3) is 6.16. The molecule has 1 saturated carbocycles. The van der Waals surface area contributed by atoms with E-state index in [2.05, 4.69) is 42.6 Å². The predicted molar refractivity (Wildman–Crippen MR) is 125 cm³/mol. The number of nitrogens with zero attached hydrogens (tertiary/aromatic N) is 1. The fraction of sp³-hybridized carbons (Fsp3) is 0.500.